The first-order valence-electron chi connectivity index (χ1n) is 18.0. The second-order valence-electron chi connectivity index (χ2n) is 14.6. The minimum absolute atomic E-state index is 0.0706. The summed E-state index contributed by atoms with van der Waals surface area (Å²) < 4.78 is 60.1. The number of aromatic nitrogens is 5. The summed E-state index contributed by atoms with van der Waals surface area (Å²) in [6.07, 6.45) is -1.60. The Hall–Kier alpha value is -5.89. The van der Waals surface area contributed by atoms with Gasteiger partial charge in [0.25, 0.3) is 5.91 Å². The maximum Gasteiger partial charge on any atom is 0.433 e. The smallest absolute Gasteiger partial charge is 0.319 e. The van der Waals surface area contributed by atoms with Crippen LogP contribution in [0.4, 0.5) is 23.2 Å². The number of carbonyl (C=O) groups is 3. The molecule has 8 rings (SSSR count). The highest BCUT2D eigenvalue weighted by Gasteiger charge is 2.38. The third-order valence-corrected chi connectivity index (χ3v) is 11.1. The number of anilines is 1. The number of benzene rings is 2. The minimum Gasteiger partial charge on any atom is -0.319 e. The number of amides is 3. The van der Waals surface area contributed by atoms with Gasteiger partial charge in [-0.3, -0.25) is 33.5 Å². The SMILES string of the molecule is Cn1c(=O)n(C2CCC(=O)NC2=O)c2cccc([C@@H]3CCN(CC4CC(n5cc6cc(NC(=O)c7cccc(C(F)(F)F)n7)c(C#N)cc6n5)C4)C[C@H]3F)c21. The predicted molar refractivity (Wildman–Crippen MR) is 191 cm³/mol. The quantitative estimate of drug-likeness (QED) is 0.174. The van der Waals surface area contributed by atoms with Gasteiger partial charge in [0.2, 0.25) is 11.8 Å². The highest BCUT2D eigenvalue weighted by molar-refractivity contribution is 6.05. The standard InChI is InChI=1S/C38H35F4N9O4/c1-48-34-25(4-2-6-30(34)51(37(48)55)31-8-9-33(52)46-36(31)54)24-10-11-49(19-26(24)39)17-20-12-23(13-20)50-18-22-15-28(21(16-43)14-29(22)47-50)45-35(53)27-5-3-7-32(44-27)38(40,41)42/h2-7,14-15,18,20,23-24,26,31H,8-13,17,19H2,1H3,(H,45,53)(H,46,52,54)/t20?,23?,24-,26+,31?/m0/s1. The number of piperidine rings is 2. The van der Waals surface area contributed by atoms with E-state index in [1.54, 1.807) is 31.4 Å². The molecule has 3 aromatic heterocycles. The summed E-state index contributed by atoms with van der Waals surface area (Å²) in [5.74, 6) is -1.92. The first-order chi connectivity index (χ1) is 26.3. The van der Waals surface area contributed by atoms with Crippen LogP contribution in [0.15, 0.2) is 59.5 Å². The first kappa shape index (κ1) is 36.1. The minimum atomic E-state index is -4.72. The molecule has 5 aromatic rings. The number of rotatable bonds is 7. The summed E-state index contributed by atoms with van der Waals surface area (Å²) in [5.41, 5.74) is 0.571. The summed E-state index contributed by atoms with van der Waals surface area (Å²) in [5, 5.41) is 19.9. The van der Waals surface area contributed by atoms with Crippen LogP contribution >= 0.6 is 0 Å². The Labute approximate surface area is 310 Å². The van der Waals surface area contributed by atoms with Gasteiger partial charge in [-0.1, -0.05) is 18.2 Å². The second kappa shape index (κ2) is 13.8. The third-order valence-electron chi connectivity index (χ3n) is 11.1. The summed E-state index contributed by atoms with van der Waals surface area (Å²) in [4.78, 5) is 56.1. The monoisotopic (exact) mass is 757 g/mol. The number of hydrogen-bond donors (Lipinski definition) is 2. The van der Waals surface area contributed by atoms with Crippen LogP contribution in [0.5, 0.6) is 0 Å². The largest absolute Gasteiger partial charge is 0.433 e. The number of fused-ring (bicyclic) bond motifs is 2. The van der Waals surface area contributed by atoms with Crippen molar-refractivity contribution in [3.63, 3.8) is 0 Å². The van der Waals surface area contributed by atoms with Crippen LogP contribution in [0, 0.1) is 17.2 Å². The number of para-hydroxylation sites is 1. The summed E-state index contributed by atoms with van der Waals surface area (Å²) in [7, 11) is 1.62. The second-order valence-corrected chi connectivity index (χ2v) is 14.6. The number of alkyl halides is 4. The number of hydrogen-bond acceptors (Lipinski definition) is 8. The van der Waals surface area contributed by atoms with Gasteiger partial charge in [0.15, 0.2) is 0 Å². The molecule has 1 unspecified atom stereocenters. The molecule has 0 radical (unpaired) electrons. The lowest BCUT2D eigenvalue weighted by molar-refractivity contribution is -0.141. The molecular weight excluding hydrogens is 722 g/mol. The van der Waals surface area contributed by atoms with Gasteiger partial charge in [0.05, 0.1) is 33.8 Å². The summed E-state index contributed by atoms with van der Waals surface area (Å²) >= 11 is 0. The number of imide groups is 1. The zero-order chi connectivity index (χ0) is 38.8. The predicted octanol–water partition coefficient (Wildman–Crippen LogP) is 4.98. The van der Waals surface area contributed by atoms with Crippen molar-refractivity contribution < 1.29 is 31.9 Å². The number of aryl methyl sites for hydroxylation is 1. The van der Waals surface area contributed by atoms with Crippen LogP contribution in [0.2, 0.25) is 0 Å². The van der Waals surface area contributed by atoms with Crippen molar-refractivity contribution in [1.29, 1.82) is 5.26 Å². The van der Waals surface area contributed by atoms with Crippen molar-refractivity contribution in [2.75, 3.05) is 25.0 Å². The Bertz CT molecular complexity index is 2480. The number of likely N-dealkylation sites (tertiary alicyclic amines) is 1. The Kier molecular flexibility index (Phi) is 9.03. The van der Waals surface area contributed by atoms with Crippen molar-refractivity contribution in [1.82, 2.24) is 34.1 Å². The highest BCUT2D eigenvalue weighted by atomic mass is 19.4. The molecule has 1 aliphatic carbocycles. The highest BCUT2D eigenvalue weighted by Crippen LogP contribution is 2.41. The van der Waals surface area contributed by atoms with Crippen LogP contribution < -0.4 is 16.3 Å². The molecule has 3 atom stereocenters. The zero-order valence-electron chi connectivity index (χ0n) is 29.5. The lowest BCUT2D eigenvalue weighted by atomic mass is 9.79. The van der Waals surface area contributed by atoms with E-state index in [1.807, 2.05) is 16.8 Å². The molecule has 0 spiro atoms. The van der Waals surface area contributed by atoms with Gasteiger partial charge in [-0.05, 0) is 74.0 Å². The first-order valence-corrected chi connectivity index (χ1v) is 18.0. The number of nitrogens with one attached hydrogen (secondary N) is 2. The van der Waals surface area contributed by atoms with Gasteiger partial charge in [-0.15, -0.1) is 0 Å². The average Bonchev–Trinajstić information content (AvgIpc) is 3.65. The topological polar surface area (TPSA) is 160 Å². The molecule has 3 fully saturated rings. The van der Waals surface area contributed by atoms with E-state index in [9.17, 15) is 37.6 Å². The van der Waals surface area contributed by atoms with Crippen molar-refractivity contribution in [2.24, 2.45) is 13.0 Å². The van der Waals surface area contributed by atoms with Gasteiger partial charge in [0.1, 0.15) is 29.7 Å². The molecule has 2 saturated heterocycles. The molecule has 17 heteroatoms. The van der Waals surface area contributed by atoms with E-state index < -0.39 is 53.2 Å². The van der Waals surface area contributed by atoms with E-state index in [-0.39, 0.29) is 42.6 Å². The van der Waals surface area contributed by atoms with Crippen LogP contribution in [0.25, 0.3) is 21.9 Å². The van der Waals surface area contributed by atoms with E-state index in [0.717, 1.165) is 36.6 Å². The lowest BCUT2D eigenvalue weighted by Gasteiger charge is -2.41. The maximum atomic E-state index is 16.0. The Balaban J connectivity index is 0.905. The molecule has 2 N–H and O–H groups in total. The molecule has 55 heavy (non-hydrogen) atoms. The number of halogens is 4. The van der Waals surface area contributed by atoms with Crippen LogP contribution in [-0.2, 0) is 22.8 Å². The maximum absolute atomic E-state index is 16.0. The van der Waals surface area contributed by atoms with Crippen LogP contribution in [0.3, 0.4) is 0 Å². The third kappa shape index (κ3) is 6.64. The van der Waals surface area contributed by atoms with E-state index in [1.165, 1.54) is 15.2 Å². The Morgan fingerprint density at radius 1 is 1.09 bits per heavy atom. The van der Waals surface area contributed by atoms with Gasteiger partial charge < -0.3 is 10.2 Å². The molecular formula is C38H35F4N9O4. The van der Waals surface area contributed by atoms with Gasteiger partial charge in [0, 0.05) is 44.1 Å². The number of nitrogens with zero attached hydrogens (tertiary/aromatic N) is 7. The molecule has 3 amide bonds. The van der Waals surface area contributed by atoms with Crippen molar-refractivity contribution in [3.8, 4) is 6.07 Å². The molecule has 0 bridgehead atoms. The van der Waals surface area contributed by atoms with E-state index in [4.69, 9.17) is 0 Å². The van der Waals surface area contributed by atoms with Crippen molar-refractivity contribution in [3.05, 3.63) is 87.7 Å². The van der Waals surface area contributed by atoms with Crippen LogP contribution in [-0.4, -0.2) is 72.3 Å². The van der Waals surface area contributed by atoms with Crippen LogP contribution in [0.1, 0.15) is 77.4 Å². The van der Waals surface area contributed by atoms with Gasteiger partial charge in [-0.25, -0.2) is 14.2 Å². The van der Waals surface area contributed by atoms with E-state index >= 15 is 4.39 Å². The van der Waals surface area contributed by atoms with Crippen molar-refractivity contribution >= 4 is 45.3 Å². The average molecular weight is 758 g/mol. The number of pyridine rings is 1. The molecule has 13 nitrogen and oxygen atoms in total. The summed E-state index contributed by atoms with van der Waals surface area (Å²) in [6, 6.07) is 12.7. The molecule has 2 aromatic carbocycles. The fourth-order valence-electron chi connectivity index (χ4n) is 8.29. The lowest BCUT2D eigenvalue weighted by Crippen LogP contribution is -2.45. The number of nitriles is 1. The van der Waals surface area contributed by atoms with E-state index in [0.29, 0.717) is 47.4 Å². The molecule has 2 aliphatic heterocycles. The number of imidazole rings is 1. The normalized spacial score (nSPS) is 23.4. The fraction of sp³-hybridized carbons (Fsp3) is 0.395. The fourth-order valence-corrected chi connectivity index (χ4v) is 8.29. The molecule has 1 saturated carbocycles. The number of carbonyl (C=O) groups excluding carboxylic acids is 3. The molecule has 5 heterocycles. The Morgan fingerprint density at radius 2 is 1.87 bits per heavy atom. The zero-order valence-corrected chi connectivity index (χ0v) is 29.5. The van der Waals surface area contributed by atoms with Crippen molar-refractivity contribution in [2.45, 2.75) is 62.5 Å². The summed E-state index contributed by atoms with van der Waals surface area (Å²) in [6.45, 7) is 1.60. The van der Waals surface area contributed by atoms with E-state index in [2.05, 4.69) is 25.6 Å². The molecule has 284 valence electrons. The molecule has 3 aliphatic rings. The van der Waals surface area contributed by atoms with Gasteiger partial charge >= 0.3 is 11.9 Å². The Morgan fingerprint density at radius 3 is 2.60 bits per heavy atom. The van der Waals surface area contributed by atoms with Gasteiger partial charge in [-0.2, -0.15) is 23.5 Å².